The Balaban J connectivity index is 2.09. The maximum absolute atomic E-state index is 12.3. The number of β-amino-alcohol motifs (C(OH)–C–C–N with tert-alkyl or cyclic N) is 1. The molecule has 1 aliphatic rings. The summed E-state index contributed by atoms with van der Waals surface area (Å²) in [5, 5.41) is 20.3. The van der Waals surface area contributed by atoms with E-state index in [2.05, 4.69) is 50.4 Å². The van der Waals surface area contributed by atoms with E-state index in [0.717, 1.165) is 12.2 Å². The number of nitrogens with zero attached hydrogens (tertiary/aromatic N) is 2. The van der Waals surface area contributed by atoms with E-state index in [0.29, 0.717) is 24.7 Å². The summed E-state index contributed by atoms with van der Waals surface area (Å²) in [7, 11) is 0. The van der Waals surface area contributed by atoms with Crippen LogP contribution in [-0.2, 0) is 5.54 Å². The maximum atomic E-state index is 12.3. The largest absolute Gasteiger partial charge is 0.391 e. The van der Waals surface area contributed by atoms with Gasteiger partial charge in [0.25, 0.3) is 5.91 Å². The number of aliphatic hydroxyl groups is 1. The van der Waals surface area contributed by atoms with Gasteiger partial charge in [-0.05, 0) is 32.8 Å². The Morgan fingerprint density at radius 2 is 2.18 bits per heavy atom. The SMILES string of the molecule is CC(C)c1cc(C(=O)NCC2CNCC2O)nn1C(C)(C)C. The first-order valence-electron chi connectivity index (χ1n) is 7.97. The van der Waals surface area contributed by atoms with Gasteiger partial charge in [-0.3, -0.25) is 9.48 Å². The highest BCUT2D eigenvalue weighted by atomic mass is 16.3. The summed E-state index contributed by atoms with van der Waals surface area (Å²) in [6, 6.07) is 1.87. The van der Waals surface area contributed by atoms with Crippen molar-refractivity contribution in [3.63, 3.8) is 0 Å². The predicted molar refractivity (Wildman–Crippen MR) is 86.0 cm³/mol. The first-order valence-corrected chi connectivity index (χ1v) is 7.97. The third-order valence-electron chi connectivity index (χ3n) is 4.03. The molecule has 1 aromatic rings. The summed E-state index contributed by atoms with van der Waals surface area (Å²) in [6.45, 7) is 12.2. The van der Waals surface area contributed by atoms with E-state index in [1.807, 2.05) is 10.7 Å². The van der Waals surface area contributed by atoms with Crippen LogP contribution in [0.4, 0.5) is 0 Å². The third-order valence-corrected chi connectivity index (χ3v) is 4.03. The summed E-state index contributed by atoms with van der Waals surface area (Å²) in [6.07, 6.45) is -0.390. The molecule has 124 valence electrons. The molecule has 0 spiro atoms. The lowest BCUT2D eigenvalue weighted by Crippen LogP contribution is -2.34. The summed E-state index contributed by atoms with van der Waals surface area (Å²) in [5.74, 6) is 0.191. The minimum atomic E-state index is -0.390. The van der Waals surface area contributed by atoms with Crippen LogP contribution in [-0.4, -0.2) is 46.5 Å². The maximum Gasteiger partial charge on any atom is 0.271 e. The van der Waals surface area contributed by atoms with Crippen LogP contribution in [0, 0.1) is 5.92 Å². The van der Waals surface area contributed by atoms with Crippen LogP contribution < -0.4 is 10.6 Å². The fourth-order valence-electron chi connectivity index (χ4n) is 2.70. The van der Waals surface area contributed by atoms with E-state index in [1.54, 1.807) is 0 Å². The standard InChI is InChI=1S/C16H28N4O2/c1-10(2)13-6-12(19-20(13)16(3,4)5)15(22)18-8-11-7-17-9-14(11)21/h6,10-11,14,17,21H,7-9H2,1-5H3,(H,18,22). The monoisotopic (exact) mass is 308 g/mol. The second-order valence-corrected chi connectivity index (χ2v) is 7.39. The normalized spacial score (nSPS) is 22.3. The molecule has 1 amide bonds. The molecule has 0 aromatic carbocycles. The molecule has 22 heavy (non-hydrogen) atoms. The van der Waals surface area contributed by atoms with Crippen LogP contribution in [0.2, 0.25) is 0 Å². The van der Waals surface area contributed by atoms with Crippen LogP contribution in [0.5, 0.6) is 0 Å². The average Bonchev–Trinajstić information content (AvgIpc) is 3.01. The molecule has 6 nitrogen and oxygen atoms in total. The first-order chi connectivity index (χ1) is 10.2. The lowest BCUT2D eigenvalue weighted by molar-refractivity contribution is 0.0920. The predicted octanol–water partition coefficient (Wildman–Crippen LogP) is 1.07. The summed E-state index contributed by atoms with van der Waals surface area (Å²) in [5.41, 5.74) is 1.34. The molecular weight excluding hydrogens is 280 g/mol. The van der Waals surface area contributed by atoms with Crippen molar-refractivity contribution in [3.8, 4) is 0 Å². The van der Waals surface area contributed by atoms with Gasteiger partial charge >= 0.3 is 0 Å². The third kappa shape index (κ3) is 3.67. The van der Waals surface area contributed by atoms with Gasteiger partial charge in [-0.2, -0.15) is 5.10 Å². The molecule has 2 atom stereocenters. The zero-order chi connectivity index (χ0) is 16.5. The second-order valence-electron chi connectivity index (χ2n) is 7.39. The van der Waals surface area contributed by atoms with Gasteiger partial charge in [0.05, 0.1) is 11.6 Å². The van der Waals surface area contributed by atoms with Gasteiger partial charge in [-0.25, -0.2) is 0 Å². The van der Waals surface area contributed by atoms with Crippen LogP contribution in [0.3, 0.4) is 0 Å². The zero-order valence-electron chi connectivity index (χ0n) is 14.2. The molecule has 3 N–H and O–H groups in total. The molecule has 1 fully saturated rings. The zero-order valence-corrected chi connectivity index (χ0v) is 14.2. The van der Waals surface area contributed by atoms with E-state index in [-0.39, 0.29) is 17.4 Å². The fraction of sp³-hybridized carbons (Fsp3) is 0.750. The number of carbonyl (C=O) groups excluding carboxylic acids is 1. The lowest BCUT2D eigenvalue weighted by Gasteiger charge is -2.23. The van der Waals surface area contributed by atoms with E-state index in [4.69, 9.17) is 0 Å². The molecule has 2 heterocycles. The van der Waals surface area contributed by atoms with Gasteiger partial charge in [-0.15, -0.1) is 0 Å². The molecule has 1 aromatic heterocycles. The molecule has 0 bridgehead atoms. The quantitative estimate of drug-likeness (QED) is 0.777. The summed E-state index contributed by atoms with van der Waals surface area (Å²) >= 11 is 0. The van der Waals surface area contributed by atoms with Gasteiger partial charge in [0, 0.05) is 31.2 Å². The lowest BCUT2D eigenvalue weighted by atomic mass is 10.1. The molecule has 1 aliphatic heterocycles. The van der Waals surface area contributed by atoms with Crippen molar-refractivity contribution in [1.82, 2.24) is 20.4 Å². The van der Waals surface area contributed by atoms with Crippen LogP contribution in [0.15, 0.2) is 6.07 Å². The fourth-order valence-corrected chi connectivity index (χ4v) is 2.70. The molecule has 1 saturated heterocycles. The molecule has 0 aliphatic carbocycles. The van der Waals surface area contributed by atoms with Gasteiger partial charge < -0.3 is 15.7 Å². The van der Waals surface area contributed by atoms with Crippen molar-refractivity contribution in [2.45, 2.75) is 52.2 Å². The minimum Gasteiger partial charge on any atom is -0.391 e. The Hall–Kier alpha value is -1.40. The number of hydrogen-bond acceptors (Lipinski definition) is 4. The Morgan fingerprint density at radius 1 is 1.50 bits per heavy atom. The van der Waals surface area contributed by atoms with Gasteiger partial charge in [0.15, 0.2) is 0 Å². The van der Waals surface area contributed by atoms with Crippen molar-refractivity contribution in [1.29, 1.82) is 0 Å². The highest BCUT2D eigenvalue weighted by Crippen LogP contribution is 2.23. The Morgan fingerprint density at radius 3 is 2.64 bits per heavy atom. The van der Waals surface area contributed by atoms with Crippen LogP contribution in [0.25, 0.3) is 0 Å². The van der Waals surface area contributed by atoms with Crippen molar-refractivity contribution >= 4 is 5.91 Å². The Kier molecular flexibility index (Phi) is 4.92. The number of aromatic nitrogens is 2. The van der Waals surface area contributed by atoms with Crippen molar-refractivity contribution < 1.29 is 9.90 Å². The van der Waals surface area contributed by atoms with E-state index in [1.165, 1.54) is 0 Å². The van der Waals surface area contributed by atoms with E-state index < -0.39 is 6.10 Å². The molecule has 0 saturated carbocycles. The number of carbonyl (C=O) groups is 1. The highest BCUT2D eigenvalue weighted by molar-refractivity contribution is 5.92. The van der Waals surface area contributed by atoms with E-state index >= 15 is 0 Å². The number of hydrogen-bond donors (Lipinski definition) is 3. The molecule has 0 radical (unpaired) electrons. The van der Waals surface area contributed by atoms with Gasteiger partial charge in [0.1, 0.15) is 5.69 Å². The molecule has 2 unspecified atom stereocenters. The summed E-state index contributed by atoms with van der Waals surface area (Å²) < 4.78 is 1.93. The van der Waals surface area contributed by atoms with Crippen molar-refractivity contribution in [3.05, 3.63) is 17.5 Å². The number of rotatable bonds is 4. The number of amides is 1. The Bertz CT molecular complexity index is 531. The Labute approximate surface area is 132 Å². The smallest absolute Gasteiger partial charge is 0.271 e. The van der Waals surface area contributed by atoms with Crippen LogP contribution >= 0.6 is 0 Å². The number of nitrogens with one attached hydrogen (secondary N) is 2. The van der Waals surface area contributed by atoms with E-state index in [9.17, 15) is 9.90 Å². The van der Waals surface area contributed by atoms with Crippen molar-refractivity contribution in [2.75, 3.05) is 19.6 Å². The molecule has 6 heteroatoms. The topological polar surface area (TPSA) is 79.2 Å². The highest BCUT2D eigenvalue weighted by Gasteiger charge is 2.27. The second kappa shape index (κ2) is 6.38. The minimum absolute atomic E-state index is 0.0678. The molecular formula is C16H28N4O2. The summed E-state index contributed by atoms with van der Waals surface area (Å²) in [4.78, 5) is 12.3. The van der Waals surface area contributed by atoms with Gasteiger partial charge in [0.2, 0.25) is 0 Å². The van der Waals surface area contributed by atoms with Crippen LogP contribution in [0.1, 0.15) is 56.7 Å². The molecule has 2 rings (SSSR count). The average molecular weight is 308 g/mol. The van der Waals surface area contributed by atoms with Gasteiger partial charge in [-0.1, -0.05) is 13.8 Å². The van der Waals surface area contributed by atoms with Crippen molar-refractivity contribution in [2.24, 2.45) is 5.92 Å². The number of aliphatic hydroxyl groups excluding tert-OH is 1. The first kappa shape index (κ1) is 17.0.